The second kappa shape index (κ2) is 13.7. The first kappa shape index (κ1) is 25.6. The van der Waals surface area contributed by atoms with Crippen LogP contribution < -0.4 is 0 Å². The van der Waals surface area contributed by atoms with E-state index in [0.29, 0.717) is 0 Å². The molecule has 8 nitrogen and oxygen atoms in total. The van der Waals surface area contributed by atoms with Gasteiger partial charge in [-0.1, -0.05) is 22.5 Å². The Balaban J connectivity index is 4.61. The molecule has 0 aliphatic carbocycles. The number of aliphatic hydroxyl groups excluding tert-OH is 5. The van der Waals surface area contributed by atoms with E-state index in [1.807, 2.05) is 0 Å². The highest BCUT2D eigenvalue weighted by Crippen LogP contribution is 2.40. The Morgan fingerprint density at radius 3 is 1.88 bits per heavy atom. The van der Waals surface area contributed by atoms with Crippen LogP contribution in [0.2, 0.25) is 0 Å². The zero-order valence-corrected chi connectivity index (χ0v) is 17.2. The molecule has 0 aliphatic heterocycles. The van der Waals surface area contributed by atoms with Crippen molar-refractivity contribution in [1.82, 2.24) is 0 Å². The van der Waals surface area contributed by atoms with E-state index in [1.165, 1.54) is 30.4 Å². The summed E-state index contributed by atoms with van der Waals surface area (Å²) in [5.74, 6) is -0.499. The van der Waals surface area contributed by atoms with Gasteiger partial charge in [-0.05, 0) is 26.6 Å². The Hall–Kier alpha value is 0.630. The van der Waals surface area contributed by atoms with Crippen molar-refractivity contribution in [3.8, 4) is 0 Å². The summed E-state index contributed by atoms with van der Waals surface area (Å²) in [5, 5.41) is 46.4. The molecule has 0 radical (unpaired) electrons. The van der Waals surface area contributed by atoms with Gasteiger partial charge in [-0.25, -0.2) is 0 Å². The van der Waals surface area contributed by atoms with Crippen molar-refractivity contribution in [3.05, 3.63) is 0 Å². The SMILES string of the molecule is CC(SSSS)C(=O)OCC(CO)(CO)COCC(CO)(CO)CO. The third-order valence-corrected chi connectivity index (χ3v) is 8.36. The highest BCUT2D eigenvalue weighted by atomic mass is 33.7. The van der Waals surface area contributed by atoms with Gasteiger partial charge in [0, 0.05) is 0 Å². The molecule has 0 aliphatic rings. The van der Waals surface area contributed by atoms with Gasteiger partial charge in [-0.3, -0.25) is 4.79 Å². The zero-order chi connectivity index (χ0) is 19.3. The Labute approximate surface area is 163 Å². The number of carbonyl (C=O) groups is 1. The molecular weight excluding hydrogens is 412 g/mol. The highest BCUT2D eigenvalue weighted by Gasteiger charge is 2.35. The van der Waals surface area contributed by atoms with Crippen LogP contribution in [0.25, 0.3) is 0 Å². The molecule has 0 fully saturated rings. The number of carbonyl (C=O) groups excluding carboxylic acids is 1. The number of ether oxygens (including phenoxy) is 2. The first-order chi connectivity index (χ1) is 11.9. The van der Waals surface area contributed by atoms with E-state index in [9.17, 15) is 30.3 Å². The summed E-state index contributed by atoms with van der Waals surface area (Å²) < 4.78 is 10.5. The number of aliphatic hydroxyl groups is 5. The fourth-order valence-electron chi connectivity index (χ4n) is 1.50. The van der Waals surface area contributed by atoms with Crippen molar-refractivity contribution in [2.24, 2.45) is 10.8 Å². The number of hydrogen-bond acceptors (Lipinski definition) is 12. The summed E-state index contributed by atoms with van der Waals surface area (Å²) in [6, 6.07) is 0. The van der Waals surface area contributed by atoms with E-state index < -0.39 is 55.1 Å². The maximum atomic E-state index is 11.9. The van der Waals surface area contributed by atoms with Crippen LogP contribution in [0.3, 0.4) is 0 Å². The van der Waals surface area contributed by atoms with Crippen molar-refractivity contribution < 1.29 is 39.8 Å². The topological polar surface area (TPSA) is 137 Å². The lowest BCUT2D eigenvalue weighted by Gasteiger charge is -2.32. The summed E-state index contributed by atoms with van der Waals surface area (Å²) in [6.45, 7) is -1.42. The number of thiol groups is 1. The van der Waals surface area contributed by atoms with E-state index in [0.717, 1.165) is 0 Å². The van der Waals surface area contributed by atoms with Gasteiger partial charge in [0.25, 0.3) is 0 Å². The summed E-state index contributed by atoms with van der Waals surface area (Å²) in [7, 11) is 3.79. The van der Waals surface area contributed by atoms with Crippen molar-refractivity contribution in [3.63, 3.8) is 0 Å². The van der Waals surface area contributed by atoms with Crippen LogP contribution in [-0.4, -0.2) is 89.6 Å². The van der Waals surface area contributed by atoms with Crippen LogP contribution in [0.4, 0.5) is 0 Å². The molecule has 5 N–H and O–H groups in total. The third kappa shape index (κ3) is 8.91. The third-order valence-electron chi connectivity index (χ3n) is 3.56. The standard InChI is InChI=1S/C13H26O8S4/c1-10(23-25-24-22)11(19)21-9-13(5-17,6-18)8-20-7-12(2-14,3-15)4-16/h10,14-18,22H,2-9H2,1H3. The van der Waals surface area contributed by atoms with Gasteiger partial charge < -0.3 is 35.0 Å². The minimum absolute atomic E-state index is 0.183. The van der Waals surface area contributed by atoms with Crippen molar-refractivity contribution in [2.75, 3.05) is 52.9 Å². The van der Waals surface area contributed by atoms with Crippen molar-refractivity contribution in [1.29, 1.82) is 0 Å². The van der Waals surface area contributed by atoms with Gasteiger partial charge in [-0.2, -0.15) is 0 Å². The van der Waals surface area contributed by atoms with Crippen LogP contribution in [0, 0.1) is 10.8 Å². The maximum absolute atomic E-state index is 11.9. The normalized spacial score (nSPS) is 13.7. The lowest BCUT2D eigenvalue weighted by Crippen LogP contribution is -2.44. The Kier molecular flexibility index (Phi) is 14.1. The molecular formula is C13H26O8S4. The van der Waals surface area contributed by atoms with Crippen LogP contribution in [0.5, 0.6) is 0 Å². The monoisotopic (exact) mass is 438 g/mol. The molecule has 150 valence electrons. The van der Waals surface area contributed by atoms with Gasteiger partial charge in [-0.15, -0.1) is 0 Å². The van der Waals surface area contributed by atoms with Crippen LogP contribution in [0.15, 0.2) is 0 Å². The van der Waals surface area contributed by atoms with Gasteiger partial charge >= 0.3 is 5.97 Å². The van der Waals surface area contributed by atoms with Crippen LogP contribution in [-0.2, 0) is 14.3 Å². The fraction of sp³-hybridized carbons (Fsp3) is 0.923. The molecule has 0 spiro atoms. The van der Waals surface area contributed by atoms with Gasteiger partial charge in [0.05, 0.1) is 57.1 Å². The summed E-state index contributed by atoms with van der Waals surface area (Å²) in [5.41, 5.74) is -2.45. The summed E-state index contributed by atoms with van der Waals surface area (Å²) in [6.07, 6.45) is 0. The quantitative estimate of drug-likeness (QED) is 0.115. The Morgan fingerprint density at radius 1 is 0.960 bits per heavy atom. The summed E-state index contributed by atoms with van der Waals surface area (Å²) >= 11 is 3.95. The molecule has 0 bridgehead atoms. The molecule has 1 unspecified atom stereocenters. The van der Waals surface area contributed by atoms with E-state index in [4.69, 9.17) is 9.47 Å². The van der Waals surface area contributed by atoms with E-state index in [1.54, 1.807) is 6.92 Å². The number of esters is 1. The minimum atomic E-state index is -1.22. The van der Waals surface area contributed by atoms with Crippen LogP contribution in [0.1, 0.15) is 6.92 Å². The Bertz CT molecular complexity index is 358. The molecule has 0 aromatic carbocycles. The predicted molar refractivity (Wildman–Crippen MR) is 103 cm³/mol. The van der Waals surface area contributed by atoms with E-state index in [-0.39, 0.29) is 19.8 Å². The lowest BCUT2D eigenvalue weighted by atomic mass is 9.90. The average molecular weight is 439 g/mol. The molecule has 0 heterocycles. The molecule has 12 heteroatoms. The molecule has 0 rings (SSSR count). The number of hydrogen-bond donors (Lipinski definition) is 6. The largest absolute Gasteiger partial charge is 0.464 e. The minimum Gasteiger partial charge on any atom is -0.464 e. The van der Waals surface area contributed by atoms with E-state index in [2.05, 4.69) is 11.7 Å². The summed E-state index contributed by atoms with van der Waals surface area (Å²) in [4.78, 5) is 11.9. The predicted octanol–water partition coefficient (Wildman–Crippen LogP) is -0.257. The number of rotatable bonds is 15. The molecule has 0 aromatic heterocycles. The highest BCUT2D eigenvalue weighted by molar-refractivity contribution is 9.24. The average Bonchev–Trinajstić information content (AvgIpc) is 2.66. The molecule has 0 saturated heterocycles. The zero-order valence-electron chi connectivity index (χ0n) is 13.9. The van der Waals surface area contributed by atoms with Gasteiger partial charge in [0.2, 0.25) is 0 Å². The van der Waals surface area contributed by atoms with Gasteiger partial charge in [0.15, 0.2) is 0 Å². The molecule has 25 heavy (non-hydrogen) atoms. The molecule has 0 aromatic rings. The van der Waals surface area contributed by atoms with Gasteiger partial charge in [0.1, 0.15) is 11.9 Å². The molecule has 0 amide bonds. The molecule has 1 atom stereocenters. The lowest BCUT2D eigenvalue weighted by molar-refractivity contribution is -0.153. The van der Waals surface area contributed by atoms with Crippen molar-refractivity contribution >= 4 is 48.1 Å². The fourth-order valence-corrected chi connectivity index (χ4v) is 4.82. The van der Waals surface area contributed by atoms with E-state index >= 15 is 0 Å². The maximum Gasteiger partial charge on any atom is 0.319 e. The second-order valence-electron chi connectivity index (χ2n) is 5.77. The molecule has 0 saturated carbocycles. The van der Waals surface area contributed by atoms with Crippen molar-refractivity contribution in [2.45, 2.75) is 12.2 Å². The Morgan fingerprint density at radius 2 is 1.44 bits per heavy atom. The first-order valence-corrected chi connectivity index (χ1v) is 11.9. The second-order valence-corrected chi connectivity index (χ2v) is 11.0. The smallest absolute Gasteiger partial charge is 0.319 e. The first-order valence-electron chi connectivity index (χ1n) is 7.30. The van der Waals surface area contributed by atoms with Crippen LogP contribution >= 0.6 is 42.1 Å².